The van der Waals surface area contributed by atoms with Gasteiger partial charge in [0.2, 0.25) is 0 Å². The van der Waals surface area contributed by atoms with Crippen LogP contribution in [0.5, 0.6) is 5.75 Å². The van der Waals surface area contributed by atoms with E-state index in [1.54, 1.807) is 12.7 Å². The molecule has 2 N–H and O–H groups in total. The van der Waals surface area contributed by atoms with Gasteiger partial charge < -0.3 is 15.4 Å². The fraction of sp³-hybridized carbons (Fsp3) is 0.348. The molecule has 0 saturated heterocycles. The van der Waals surface area contributed by atoms with Crippen molar-refractivity contribution in [3.05, 3.63) is 77.4 Å². The van der Waals surface area contributed by atoms with Gasteiger partial charge in [-0.25, -0.2) is 14.7 Å². The minimum Gasteiger partial charge on any atom is -0.494 e. The number of guanidine groups is 1. The number of aliphatic imine (C=N–C) groups is 1. The summed E-state index contributed by atoms with van der Waals surface area (Å²) in [5, 5.41) is 10.9. The average Bonchev–Trinajstić information content (AvgIpc) is 3.25. The molecular formula is C23H30N6O. The fourth-order valence-electron chi connectivity index (χ4n) is 3.12. The number of hydrogen-bond acceptors (Lipinski definition) is 4. The zero-order valence-electron chi connectivity index (χ0n) is 17.9. The molecule has 1 heterocycles. The Hall–Kier alpha value is -3.35. The van der Waals surface area contributed by atoms with E-state index >= 15 is 0 Å². The van der Waals surface area contributed by atoms with Crippen molar-refractivity contribution < 1.29 is 4.74 Å². The van der Waals surface area contributed by atoms with E-state index in [0.717, 1.165) is 29.4 Å². The van der Waals surface area contributed by atoms with Crippen LogP contribution in [0, 0.1) is 6.92 Å². The van der Waals surface area contributed by atoms with Crippen LogP contribution >= 0.6 is 0 Å². The van der Waals surface area contributed by atoms with Crippen molar-refractivity contribution in [1.82, 2.24) is 25.4 Å². The number of benzene rings is 2. The number of nitrogens with zero attached hydrogens (tertiary/aromatic N) is 4. The zero-order chi connectivity index (χ0) is 21.2. The van der Waals surface area contributed by atoms with Gasteiger partial charge in [-0.15, -0.1) is 0 Å². The van der Waals surface area contributed by atoms with Gasteiger partial charge in [0.05, 0.1) is 19.7 Å². The van der Waals surface area contributed by atoms with Crippen LogP contribution in [0.25, 0.3) is 0 Å². The van der Waals surface area contributed by atoms with Crippen molar-refractivity contribution in [3.8, 4) is 5.75 Å². The van der Waals surface area contributed by atoms with Crippen LogP contribution in [0.3, 0.4) is 0 Å². The second kappa shape index (κ2) is 11.0. The first-order valence-corrected chi connectivity index (χ1v) is 10.3. The van der Waals surface area contributed by atoms with Gasteiger partial charge in [-0.3, -0.25) is 0 Å². The van der Waals surface area contributed by atoms with Gasteiger partial charge in [0, 0.05) is 18.7 Å². The van der Waals surface area contributed by atoms with E-state index in [4.69, 9.17) is 9.73 Å². The Morgan fingerprint density at radius 3 is 2.73 bits per heavy atom. The summed E-state index contributed by atoms with van der Waals surface area (Å²) < 4.78 is 7.59. The fourth-order valence-corrected chi connectivity index (χ4v) is 3.12. The van der Waals surface area contributed by atoms with Crippen molar-refractivity contribution in [2.75, 3.05) is 13.2 Å². The molecule has 0 atom stereocenters. The Labute approximate surface area is 178 Å². The lowest BCUT2D eigenvalue weighted by molar-refractivity contribution is 0.336. The van der Waals surface area contributed by atoms with Gasteiger partial charge in [-0.1, -0.05) is 36.4 Å². The molecule has 0 unspecified atom stereocenters. The molecule has 158 valence electrons. The number of nitrogens with one attached hydrogen (secondary N) is 2. The van der Waals surface area contributed by atoms with Crippen LogP contribution in [-0.4, -0.2) is 33.9 Å². The Morgan fingerprint density at radius 2 is 1.97 bits per heavy atom. The molecule has 0 saturated carbocycles. The molecule has 3 aromatic rings. The maximum Gasteiger partial charge on any atom is 0.191 e. The second-order valence-electron chi connectivity index (χ2n) is 7.01. The zero-order valence-corrected chi connectivity index (χ0v) is 17.9. The van der Waals surface area contributed by atoms with E-state index in [1.807, 2.05) is 11.6 Å². The number of rotatable bonds is 9. The molecule has 0 amide bonds. The maximum atomic E-state index is 5.78. The Kier molecular flexibility index (Phi) is 7.83. The third kappa shape index (κ3) is 6.34. The van der Waals surface area contributed by atoms with E-state index < -0.39 is 0 Å². The molecule has 0 aliphatic carbocycles. The Morgan fingerprint density at radius 1 is 1.10 bits per heavy atom. The minimum atomic E-state index is 0.590. The molecule has 0 aliphatic rings. The van der Waals surface area contributed by atoms with Crippen LogP contribution in [0.4, 0.5) is 0 Å². The van der Waals surface area contributed by atoms with Gasteiger partial charge in [-0.2, -0.15) is 5.10 Å². The van der Waals surface area contributed by atoms with E-state index in [1.165, 1.54) is 11.1 Å². The van der Waals surface area contributed by atoms with Crippen molar-refractivity contribution in [3.63, 3.8) is 0 Å². The number of aryl methyl sites for hydroxylation is 1. The highest BCUT2D eigenvalue weighted by molar-refractivity contribution is 5.79. The highest BCUT2D eigenvalue weighted by atomic mass is 16.5. The van der Waals surface area contributed by atoms with Crippen molar-refractivity contribution in [1.29, 1.82) is 0 Å². The van der Waals surface area contributed by atoms with E-state index in [0.29, 0.717) is 26.2 Å². The summed E-state index contributed by atoms with van der Waals surface area (Å²) in [5.74, 6) is 1.70. The van der Waals surface area contributed by atoms with E-state index in [2.05, 4.69) is 77.0 Å². The molecule has 0 spiro atoms. The maximum absolute atomic E-state index is 5.78. The summed E-state index contributed by atoms with van der Waals surface area (Å²) in [7, 11) is 0. The van der Waals surface area contributed by atoms with Gasteiger partial charge in [0.15, 0.2) is 5.96 Å². The number of ether oxygens (including phenoxy) is 1. The molecule has 7 heteroatoms. The molecule has 0 fully saturated rings. The van der Waals surface area contributed by atoms with Gasteiger partial charge in [-0.05, 0) is 43.5 Å². The largest absolute Gasteiger partial charge is 0.494 e. The van der Waals surface area contributed by atoms with Crippen LogP contribution in [0.1, 0.15) is 36.1 Å². The lowest BCUT2D eigenvalue weighted by atomic mass is 10.1. The van der Waals surface area contributed by atoms with Crippen LogP contribution < -0.4 is 15.4 Å². The second-order valence-corrected chi connectivity index (χ2v) is 7.01. The molecule has 1 aromatic heterocycles. The monoisotopic (exact) mass is 406 g/mol. The minimum absolute atomic E-state index is 0.590. The van der Waals surface area contributed by atoms with Crippen molar-refractivity contribution >= 4 is 5.96 Å². The van der Waals surface area contributed by atoms with Crippen molar-refractivity contribution in [2.24, 2.45) is 4.99 Å². The number of hydrogen-bond donors (Lipinski definition) is 2. The summed E-state index contributed by atoms with van der Waals surface area (Å²) in [5.41, 5.74) is 4.62. The molecule has 30 heavy (non-hydrogen) atoms. The topological polar surface area (TPSA) is 76.4 Å². The summed E-state index contributed by atoms with van der Waals surface area (Å²) in [6, 6.07) is 14.7. The van der Waals surface area contributed by atoms with Gasteiger partial charge in [0.1, 0.15) is 18.4 Å². The third-order valence-electron chi connectivity index (χ3n) is 4.54. The molecule has 7 nitrogen and oxygen atoms in total. The van der Waals surface area contributed by atoms with E-state index in [-0.39, 0.29) is 0 Å². The summed E-state index contributed by atoms with van der Waals surface area (Å²) in [6.45, 7) is 9.52. The average molecular weight is 407 g/mol. The molecule has 0 radical (unpaired) electrons. The number of aromatic nitrogens is 3. The van der Waals surface area contributed by atoms with E-state index in [9.17, 15) is 0 Å². The SMILES string of the molecule is CCNC(=NCc1cccc(Cn2cncn2)c1)NCc1ccc(C)cc1OCC. The van der Waals surface area contributed by atoms with Crippen molar-refractivity contribution in [2.45, 2.75) is 40.4 Å². The molecule has 0 aliphatic heterocycles. The smallest absolute Gasteiger partial charge is 0.191 e. The first kappa shape index (κ1) is 21.4. The highest BCUT2D eigenvalue weighted by Gasteiger charge is 2.06. The first-order valence-electron chi connectivity index (χ1n) is 10.3. The summed E-state index contributed by atoms with van der Waals surface area (Å²) in [6.07, 6.45) is 3.27. The van der Waals surface area contributed by atoms with Crippen LogP contribution in [-0.2, 0) is 19.6 Å². The first-order chi connectivity index (χ1) is 14.7. The quantitative estimate of drug-likeness (QED) is 0.421. The highest BCUT2D eigenvalue weighted by Crippen LogP contribution is 2.20. The molecule has 2 aromatic carbocycles. The summed E-state index contributed by atoms with van der Waals surface area (Å²) in [4.78, 5) is 8.74. The third-order valence-corrected chi connectivity index (χ3v) is 4.54. The lowest BCUT2D eigenvalue weighted by Gasteiger charge is -2.15. The van der Waals surface area contributed by atoms with Gasteiger partial charge >= 0.3 is 0 Å². The predicted octanol–water partition coefficient (Wildman–Crippen LogP) is 3.29. The Bertz CT molecular complexity index is 952. The predicted molar refractivity (Wildman–Crippen MR) is 120 cm³/mol. The standard InChI is InChI=1S/C23H30N6O/c1-4-25-23(27-14-21-10-9-18(3)11-22(21)30-5-2)26-13-19-7-6-8-20(12-19)15-29-17-24-16-28-29/h6-12,16-17H,4-5,13-15H2,1-3H3,(H2,25,26,27). The molecule has 0 bridgehead atoms. The van der Waals surface area contributed by atoms with Crippen LogP contribution in [0.15, 0.2) is 60.1 Å². The van der Waals surface area contributed by atoms with Gasteiger partial charge in [0.25, 0.3) is 0 Å². The molecular weight excluding hydrogens is 376 g/mol. The lowest BCUT2D eigenvalue weighted by Crippen LogP contribution is -2.36. The molecule has 3 rings (SSSR count). The summed E-state index contributed by atoms with van der Waals surface area (Å²) >= 11 is 0. The van der Waals surface area contributed by atoms with Crippen LogP contribution in [0.2, 0.25) is 0 Å². The normalized spacial score (nSPS) is 11.4. The Balaban J connectivity index is 1.65.